The Hall–Kier alpha value is -2.27. The van der Waals surface area contributed by atoms with Crippen LogP contribution in [0.4, 0.5) is 0 Å². The second-order valence-corrected chi connectivity index (χ2v) is 13.9. The van der Waals surface area contributed by atoms with E-state index in [0.717, 1.165) is 5.56 Å². The minimum atomic E-state index is -3.93. The standard InChI is InChI=1S/C29H42BrN3O5S/c1-22(2)16-17-32(39(37,38)24-14-10-7-11-15-24)21-26(34)25(18-23-12-8-6-9-13-23)33(31-27(35)20-30)28(36)19-29(3,4)5/h6-15,22,25-26,34H,16-21H2,1-5H3,(H,31,35)/t25-,26+/m0/s1. The number of hydrazine groups is 1. The third-order valence-corrected chi connectivity index (χ3v) is 8.50. The van der Waals surface area contributed by atoms with E-state index < -0.39 is 28.1 Å². The fraction of sp³-hybridized carbons (Fsp3) is 0.517. The number of aliphatic hydroxyl groups is 1. The van der Waals surface area contributed by atoms with Crippen LogP contribution in [0.15, 0.2) is 65.6 Å². The zero-order chi connectivity index (χ0) is 29.2. The van der Waals surface area contributed by atoms with E-state index in [9.17, 15) is 23.1 Å². The van der Waals surface area contributed by atoms with E-state index in [2.05, 4.69) is 21.4 Å². The summed E-state index contributed by atoms with van der Waals surface area (Å²) in [4.78, 5) is 26.1. The first kappa shape index (κ1) is 32.9. The van der Waals surface area contributed by atoms with Crippen LogP contribution in [0.5, 0.6) is 0 Å². The largest absolute Gasteiger partial charge is 0.390 e. The van der Waals surface area contributed by atoms with Crippen LogP contribution in [0.1, 0.15) is 53.0 Å². The second-order valence-electron chi connectivity index (χ2n) is 11.4. The molecular weight excluding hydrogens is 582 g/mol. The van der Waals surface area contributed by atoms with Crippen molar-refractivity contribution in [3.8, 4) is 0 Å². The van der Waals surface area contributed by atoms with Gasteiger partial charge in [-0.1, -0.05) is 99.1 Å². The summed E-state index contributed by atoms with van der Waals surface area (Å²) in [5.74, 6) is -0.577. The summed E-state index contributed by atoms with van der Waals surface area (Å²) in [6, 6.07) is 16.5. The summed E-state index contributed by atoms with van der Waals surface area (Å²) in [5.41, 5.74) is 3.11. The zero-order valence-corrected chi connectivity index (χ0v) is 25.9. The predicted octanol–water partition coefficient (Wildman–Crippen LogP) is 4.39. The molecule has 2 aromatic carbocycles. The van der Waals surface area contributed by atoms with Crippen LogP contribution in [0.3, 0.4) is 0 Å². The Balaban J connectivity index is 2.51. The number of benzene rings is 2. The van der Waals surface area contributed by atoms with E-state index in [1.54, 1.807) is 18.2 Å². The number of carbonyl (C=O) groups is 2. The fourth-order valence-electron chi connectivity index (χ4n) is 4.07. The van der Waals surface area contributed by atoms with Crippen LogP contribution in [-0.2, 0) is 26.0 Å². The summed E-state index contributed by atoms with van der Waals surface area (Å²) in [7, 11) is -3.93. The molecule has 2 rings (SSSR count). The van der Waals surface area contributed by atoms with Crippen molar-refractivity contribution < 1.29 is 23.1 Å². The first-order valence-electron chi connectivity index (χ1n) is 13.2. The molecule has 8 nitrogen and oxygen atoms in total. The number of rotatable bonds is 13. The molecule has 0 aliphatic rings. The van der Waals surface area contributed by atoms with Gasteiger partial charge in [0.1, 0.15) is 0 Å². The van der Waals surface area contributed by atoms with Crippen LogP contribution in [0, 0.1) is 11.3 Å². The SMILES string of the molecule is CC(C)CCN(C[C@@H](O)[C@H](Cc1ccccc1)N(NC(=O)CBr)C(=O)CC(C)(C)C)S(=O)(=O)c1ccccc1. The van der Waals surface area contributed by atoms with Crippen LogP contribution in [0.25, 0.3) is 0 Å². The Morgan fingerprint density at radius 1 is 1.00 bits per heavy atom. The molecule has 0 bridgehead atoms. The summed E-state index contributed by atoms with van der Waals surface area (Å²) in [5, 5.41) is 12.8. The van der Waals surface area contributed by atoms with Gasteiger partial charge in [0.05, 0.1) is 22.4 Å². The van der Waals surface area contributed by atoms with Crippen molar-refractivity contribution in [1.82, 2.24) is 14.7 Å². The van der Waals surface area contributed by atoms with E-state index in [-0.39, 0.29) is 53.4 Å². The Bertz CT molecular complexity index is 1150. The van der Waals surface area contributed by atoms with Crippen LogP contribution < -0.4 is 5.43 Å². The Morgan fingerprint density at radius 2 is 1.56 bits per heavy atom. The van der Waals surface area contributed by atoms with Gasteiger partial charge in [-0.2, -0.15) is 4.31 Å². The molecule has 0 spiro atoms. The third kappa shape index (κ3) is 10.7. The topological polar surface area (TPSA) is 107 Å². The Kier molecular flexibility index (Phi) is 12.6. The molecule has 0 saturated carbocycles. The molecule has 0 aliphatic carbocycles. The van der Waals surface area contributed by atoms with E-state index in [1.165, 1.54) is 21.4 Å². The van der Waals surface area contributed by atoms with E-state index >= 15 is 0 Å². The maximum Gasteiger partial charge on any atom is 0.249 e. The number of hydrogen-bond acceptors (Lipinski definition) is 5. The lowest BCUT2D eigenvalue weighted by molar-refractivity contribution is -0.148. The Morgan fingerprint density at radius 3 is 2.08 bits per heavy atom. The molecule has 2 atom stereocenters. The van der Waals surface area contributed by atoms with E-state index in [4.69, 9.17) is 0 Å². The van der Waals surface area contributed by atoms with E-state index in [0.29, 0.717) is 6.42 Å². The lowest BCUT2D eigenvalue weighted by atomic mass is 9.91. The van der Waals surface area contributed by atoms with Gasteiger partial charge in [0, 0.05) is 19.5 Å². The number of sulfonamides is 1. The number of nitrogens with zero attached hydrogens (tertiary/aromatic N) is 2. The van der Waals surface area contributed by atoms with E-state index in [1.807, 2.05) is 65.0 Å². The predicted molar refractivity (Wildman–Crippen MR) is 157 cm³/mol. The minimum absolute atomic E-state index is 0.0383. The molecule has 0 aliphatic heterocycles. The number of amides is 2. The average molecular weight is 625 g/mol. The van der Waals surface area contributed by atoms with Gasteiger partial charge in [0.15, 0.2) is 0 Å². The molecule has 0 unspecified atom stereocenters. The number of hydrogen-bond donors (Lipinski definition) is 2. The van der Waals surface area contributed by atoms with Gasteiger partial charge < -0.3 is 5.11 Å². The third-order valence-electron chi connectivity index (χ3n) is 6.11. The normalized spacial score (nSPS) is 13.8. The first-order chi connectivity index (χ1) is 18.2. The number of aliphatic hydroxyl groups excluding tert-OH is 1. The molecule has 0 radical (unpaired) electrons. The molecule has 10 heteroatoms. The highest BCUT2D eigenvalue weighted by Gasteiger charge is 2.36. The second kappa shape index (κ2) is 14.9. The summed E-state index contributed by atoms with van der Waals surface area (Å²) < 4.78 is 28.6. The van der Waals surface area contributed by atoms with Crippen molar-refractivity contribution >= 4 is 37.8 Å². The van der Waals surface area contributed by atoms with Gasteiger partial charge in [-0.3, -0.25) is 15.0 Å². The molecule has 2 amide bonds. The number of carbonyl (C=O) groups excluding carboxylic acids is 2. The van der Waals surface area contributed by atoms with Crippen molar-refractivity contribution in [2.75, 3.05) is 18.4 Å². The molecular formula is C29H42BrN3O5S. The van der Waals surface area contributed by atoms with Crippen LogP contribution in [-0.4, -0.2) is 65.2 Å². The van der Waals surface area contributed by atoms with Crippen molar-refractivity contribution in [2.24, 2.45) is 11.3 Å². The molecule has 0 aromatic heterocycles. The van der Waals surface area contributed by atoms with Gasteiger partial charge in [-0.15, -0.1) is 0 Å². The lowest BCUT2D eigenvalue weighted by Gasteiger charge is -2.38. The van der Waals surface area contributed by atoms with Gasteiger partial charge in [-0.25, -0.2) is 13.4 Å². The summed E-state index contributed by atoms with van der Waals surface area (Å²) in [6.45, 7) is 9.71. The van der Waals surface area contributed by atoms with Gasteiger partial charge in [-0.05, 0) is 41.9 Å². The number of halogens is 1. The van der Waals surface area contributed by atoms with Gasteiger partial charge >= 0.3 is 0 Å². The van der Waals surface area contributed by atoms with Crippen molar-refractivity contribution in [1.29, 1.82) is 0 Å². The highest BCUT2D eigenvalue weighted by Crippen LogP contribution is 2.24. The Labute approximate surface area is 241 Å². The molecule has 2 aromatic rings. The highest BCUT2D eigenvalue weighted by molar-refractivity contribution is 9.09. The maximum absolute atomic E-state index is 13.6. The number of nitrogens with one attached hydrogen (secondary N) is 1. The molecule has 0 saturated heterocycles. The minimum Gasteiger partial charge on any atom is -0.390 e. The molecule has 2 N–H and O–H groups in total. The van der Waals surface area contributed by atoms with Crippen LogP contribution >= 0.6 is 15.9 Å². The summed E-state index contributed by atoms with van der Waals surface area (Å²) >= 11 is 3.13. The first-order valence-corrected chi connectivity index (χ1v) is 15.8. The monoisotopic (exact) mass is 623 g/mol. The smallest absolute Gasteiger partial charge is 0.249 e. The van der Waals surface area contributed by atoms with Gasteiger partial charge in [0.2, 0.25) is 21.8 Å². The van der Waals surface area contributed by atoms with Crippen molar-refractivity contribution in [2.45, 2.75) is 70.9 Å². The molecule has 0 heterocycles. The summed E-state index contributed by atoms with van der Waals surface area (Å²) in [6.07, 6.45) is -0.373. The molecule has 216 valence electrons. The molecule has 39 heavy (non-hydrogen) atoms. The van der Waals surface area contributed by atoms with Crippen LogP contribution in [0.2, 0.25) is 0 Å². The fourth-order valence-corrected chi connectivity index (χ4v) is 5.69. The highest BCUT2D eigenvalue weighted by atomic mass is 79.9. The molecule has 0 fully saturated rings. The quantitative estimate of drug-likeness (QED) is 0.254. The van der Waals surface area contributed by atoms with Crippen molar-refractivity contribution in [3.05, 3.63) is 66.2 Å². The maximum atomic E-state index is 13.6. The number of alkyl halides is 1. The van der Waals surface area contributed by atoms with Gasteiger partial charge in [0.25, 0.3) is 0 Å². The lowest BCUT2D eigenvalue weighted by Crippen LogP contribution is -2.59. The van der Waals surface area contributed by atoms with Crippen molar-refractivity contribution in [3.63, 3.8) is 0 Å². The average Bonchev–Trinajstić information content (AvgIpc) is 2.88. The zero-order valence-electron chi connectivity index (χ0n) is 23.5.